The van der Waals surface area contributed by atoms with E-state index in [-0.39, 0.29) is 11.5 Å². The van der Waals surface area contributed by atoms with E-state index in [1.165, 1.54) is 12.0 Å². The molecule has 1 aliphatic carbocycles. The molecule has 20 heavy (non-hydrogen) atoms. The largest absolute Gasteiger partial charge is 0.341 e. The van der Waals surface area contributed by atoms with E-state index in [1.54, 1.807) is 0 Å². The molecule has 1 aliphatic heterocycles. The summed E-state index contributed by atoms with van der Waals surface area (Å²) in [6, 6.07) is 10.6. The number of benzene rings is 1. The molecule has 3 nitrogen and oxygen atoms in total. The van der Waals surface area contributed by atoms with Crippen molar-refractivity contribution in [2.75, 3.05) is 13.1 Å². The summed E-state index contributed by atoms with van der Waals surface area (Å²) in [5, 5.41) is 0. The average molecular weight is 272 g/mol. The Morgan fingerprint density at radius 1 is 1.25 bits per heavy atom. The minimum Gasteiger partial charge on any atom is -0.341 e. The van der Waals surface area contributed by atoms with E-state index >= 15 is 0 Å². The predicted octanol–water partition coefficient (Wildman–Crippen LogP) is 2.35. The summed E-state index contributed by atoms with van der Waals surface area (Å²) in [7, 11) is 0. The van der Waals surface area contributed by atoms with Gasteiger partial charge in [-0.1, -0.05) is 36.8 Å². The summed E-state index contributed by atoms with van der Waals surface area (Å²) in [6.07, 6.45) is 6.24. The Morgan fingerprint density at radius 3 is 2.60 bits per heavy atom. The summed E-state index contributed by atoms with van der Waals surface area (Å²) >= 11 is 0. The van der Waals surface area contributed by atoms with Gasteiger partial charge < -0.3 is 10.6 Å². The summed E-state index contributed by atoms with van der Waals surface area (Å²) in [5.74, 6) is 0.350. The molecule has 2 aliphatic rings. The maximum Gasteiger partial charge on any atom is 0.229 e. The van der Waals surface area contributed by atoms with Crippen LogP contribution in [-0.4, -0.2) is 29.9 Å². The van der Waals surface area contributed by atoms with Crippen molar-refractivity contribution < 1.29 is 4.79 Å². The second-order valence-corrected chi connectivity index (χ2v) is 6.45. The van der Waals surface area contributed by atoms with Crippen LogP contribution in [0.2, 0.25) is 0 Å². The molecule has 2 fully saturated rings. The first-order valence-electron chi connectivity index (χ1n) is 7.78. The fourth-order valence-corrected chi connectivity index (χ4v) is 3.59. The molecule has 3 rings (SSSR count). The lowest BCUT2D eigenvalue weighted by molar-refractivity contribution is -0.148. The minimum atomic E-state index is -0.140. The zero-order valence-electron chi connectivity index (χ0n) is 12.1. The van der Waals surface area contributed by atoms with Crippen molar-refractivity contribution in [1.29, 1.82) is 0 Å². The van der Waals surface area contributed by atoms with Crippen LogP contribution in [0.3, 0.4) is 0 Å². The maximum atomic E-state index is 12.9. The zero-order valence-corrected chi connectivity index (χ0v) is 12.1. The van der Waals surface area contributed by atoms with Crippen LogP contribution in [-0.2, 0) is 11.2 Å². The van der Waals surface area contributed by atoms with Crippen LogP contribution in [0, 0.1) is 5.41 Å². The standard InChI is InChI=1S/C17H24N2O/c18-15-8-4-11-19(13-15)16(20)17(9-5-10-17)12-14-6-2-1-3-7-14/h1-3,6-7,15H,4-5,8-13,18H2. The van der Waals surface area contributed by atoms with E-state index in [0.29, 0.717) is 5.91 Å². The van der Waals surface area contributed by atoms with Crippen molar-refractivity contribution in [3.63, 3.8) is 0 Å². The number of amides is 1. The molecule has 0 bridgehead atoms. The molecular weight excluding hydrogens is 248 g/mol. The molecule has 1 amide bonds. The lowest BCUT2D eigenvalue weighted by Crippen LogP contribution is -2.54. The third-order valence-corrected chi connectivity index (χ3v) is 4.89. The lowest BCUT2D eigenvalue weighted by atomic mass is 9.64. The third-order valence-electron chi connectivity index (χ3n) is 4.89. The van der Waals surface area contributed by atoms with Crippen LogP contribution >= 0.6 is 0 Å². The summed E-state index contributed by atoms with van der Waals surface area (Å²) in [4.78, 5) is 14.9. The summed E-state index contributed by atoms with van der Waals surface area (Å²) in [5.41, 5.74) is 7.16. The molecule has 0 spiro atoms. The van der Waals surface area contributed by atoms with E-state index in [2.05, 4.69) is 24.3 Å². The molecule has 1 unspecified atom stereocenters. The molecule has 1 heterocycles. The van der Waals surface area contributed by atoms with Gasteiger partial charge >= 0.3 is 0 Å². The second-order valence-electron chi connectivity index (χ2n) is 6.45. The Bertz CT molecular complexity index is 467. The fourth-order valence-electron chi connectivity index (χ4n) is 3.59. The first kappa shape index (κ1) is 13.6. The highest BCUT2D eigenvalue weighted by atomic mass is 16.2. The molecule has 2 N–H and O–H groups in total. The first-order valence-corrected chi connectivity index (χ1v) is 7.78. The summed E-state index contributed by atoms with van der Waals surface area (Å²) in [6.45, 7) is 1.64. The van der Waals surface area contributed by atoms with Crippen molar-refractivity contribution in [2.24, 2.45) is 11.1 Å². The molecule has 3 heteroatoms. The molecule has 0 aromatic heterocycles. The number of carbonyl (C=O) groups is 1. The van der Waals surface area contributed by atoms with Crippen LogP contribution < -0.4 is 5.73 Å². The third kappa shape index (κ3) is 2.59. The van der Waals surface area contributed by atoms with Gasteiger partial charge in [0.05, 0.1) is 5.41 Å². The van der Waals surface area contributed by atoms with Crippen LogP contribution in [0.1, 0.15) is 37.7 Å². The highest BCUT2D eigenvalue weighted by Crippen LogP contribution is 2.45. The van der Waals surface area contributed by atoms with E-state index in [9.17, 15) is 4.79 Å². The second kappa shape index (κ2) is 5.57. The van der Waals surface area contributed by atoms with Gasteiger partial charge in [0.1, 0.15) is 0 Å². The Balaban J connectivity index is 1.73. The molecule has 108 valence electrons. The smallest absolute Gasteiger partial charge is 0.229 e. The van der Waals surface area contributed by atoms with Crippen LogP contribution in [0.4, 0.5) is 0 Å². The monoisotopic (exact) mass is 272 g/mol. The lowest BCUT2D eigenvalue weighted by Gasteiger charge is -2.45. The highest BCUT2D eigenvalue weighted by molar-refractivity contribution is 5.84. The quantitative estimate of drug-likeness (QED) is 0.918. The number of likely N-dealkylation sites (tertiary alicyclic amines) is 1. The highest BCUT2D eigenvalue weighted by Gasteiger charge is 2.46. The van der Waals surface area contributed by atoms with Gasteiger partial charge in [-0.05, 0) is 37.7 Å². The average Bonchev–Trinajstić information content (AvgIpc) is 2.43. The van der Waals surface area contributed by atoms with Gasteiger partial charge in [0.15, 0.2) is 0 Å². The number of nitrogens with zero attached hydrogens (tertiary/aromatic N) is 1. The van der Waals surface area contributed by atoms with Gasteiger partial charge in [-0.25, -0.2) is 0 Å². The first-order chi connectivity index (χ1) is 9.70. The van der Waals surface area contributed by atoms with Crippen molar-refractivity contribution in [1.82, 2.24) is 4.90 Å². The van der Waals surface area contributed by atoms with Gasteiger partial charge in [0, 0.05) is 19.1 Å². The number of hydrogen-bond donors (Lipinski definition) is 1. The number of carbonyl (C=O) groups excluding carboxylic acids is 1. The molecule has 1 aromatic carbocycles. The van der Waals surface area contributed by atoms with Crippen molar-refractivity contribution in [2.45, 2.75) is 44.6 Å². The topological polar surface area (TPSA) is 46.3 Å². The van der Waals surface area contributed by atoms with Crippen molar-refractivity contribution in [3.8, 4) is 0 Å². The molecular formula is C17H24N2O. The molecule has 1 atom stereocenters. The van der Waals surface area contributed by atoms with Gasteiger partial charge in [-0.2, -0.15) is 0 Å². The van der Waals surface area contributed by atoms with Crippen molar-refractivity contribution in [3.05, 3.63) is 35.9 Å². The zero-order chi connectivity index (χ0) is 14.0. The van der Waals surface area contributed by atoms with Crippen LogP contribution in [0.5, 0.6) is 0 Å². The number of rotatable bonds is 3. The molecule has 1 aromatic rings. The Labute approximate surface area is 121 Å². The van der Waals surface area contributed by atoms with Crippen molar-refractivity contribution >= 4 is 5.91 Å². The minimum absolute atomic E-state index is 0.140. The fraction of sp³-hybridized carbons (Fsp3) is 0.588. The molecule has 1 saturated carbocycles. The van der Waals surface area contributed by atoms with Crippen LogP contribution in [0.15, 0.2) is 30.3 Å². The Morgan fingerprint density at radius 2 is 2.00 bits per heavy atom. The Hall–Kier alpha value is -1.35. The van der Waals surface area contributed by atoms with Gasteiger partial charge in [-0.3, -0.25) is 4.79 Å². The maximum absolute atomic E-state index is 12.9. The van der Waals surface area contributed by atoms with E-state index < -0.39 is 0 Å². The number of hydrogen-bond acceptors (Lipinski definition) is 2. The molecule has 0 radical (unpaired) electrons. The van der Waals surface area contributed by atoms with E-state index in [4.69, 9.17) is 5.73 Å². The van der Waals surface area contributed by atoms with Gasteiger partial charge in [0.25, 0.3) is 0 Å². The van der Waals surface area contributed by atoms with Gasteiger partial charge in [-0.15, -0.1) is 0 Å². The molecule has 1 saturated heterocycles. The summed E-state index contributed by atoms with van der Waals surface area (Å²) < 4.78 is 0. The Kier molecular flexibility index (Phi) is 3.79. The normalized spacial score (nSPS) is 25.1. The predicted molar refractivity (Wildman–Crippen MR) is 80.2 cm³/mol. The number of nitrogens with two attached hydrogens (primary N) is 1. The van der Waals surface area contributed by atoms with E-state index in [1.807, 2.05) is 11.0 Å². The SMILES string of the molecule is NC1CCCN(C(=O)C2(Cc3ccccc3)CCC2)C1. The van der Waals surface area contributed by atoms with Crippen LogP contribution in [0.25, 0.3) is 0 Å². The van der Waals surface area contributed by atoms with E-state index in [0.717, 1.165) is 45.2 Å². The van der Waals surface area contributed by atoms with Gasteiger partial charge in [0.2, 0.25) is 5.91 Å². The number of piperidine rings is 1.